The number of amides is 1. The van der Waals surface area contributed by atoms with Gasteiger partial charge in [-0.05, 0) is 55.8 Å². The first-order valence-corrected chi connectivity index (χ1v) is 12.1. The molecule has 1 fully saturated rings. The number of rotatable bonds is 7. The molecule has 4 atom stereocenters. The van der Waals surface area contributed by atoms with Gasteiger partial charge in [0, 0.05) is 55.7 Å². The summed E-state index contributed by atoms with van der Waals surface area (Å²) in [4.78, 5) is 18.3. The molecule has 178 valence electrons. The molecule has 0 N–H and O–H groups in total. The van der Waals surface area contributed by atoms with Gasteiger partial charge in [-0.1, -0.05) is 30.3 Å². The molecule has 6 heteroatoms. The van der Waals surface area contributed by atoms with Crippen LogP contribution >= 0.6 is 0 Å². The van der Waals surface area contributed by atoms with Crippen molar-refractivity contribution in [3.05, 3.63) is 89.7 Å². The summed E-state index contributed by atoms with van der Waals surface area (Å²) in [5, 5.41) is 0. The molecule has 34 heavy (non-hydrogen) atoms. The largest absolute Gasteiger partial charge is 0.497 e. The monoisotopic (exact) mass is 459 g/mol. The van der Waals surface area contributed by atoms with Gasteiger partial charge in [0.05, 0.1) is 13.2 Å². The predicted molar refractivity (Wildman–Crippen MR) is 132 cm³/mol. The molecule has 5 rings (SSSR count). The lowest BCUT2D eigenvalue weighted by Gasteiger charge is -2.49. The van der Waals surface area contributed by atoms with E-state index in [4.69, 9.17) is 9.47 Å². The van der Waals surface area contributed by atoms with E-state index in [-0.39, 0.29) is 30.1 Å². The maximum atomic E-state index is 13.7. The maximum Gasteiger partial charge on any atom is 0.256 e. The molecular formula is C28H33N3O3. The Kier molecular flexibility index (Phi) is 6.44. The number of aromatic nitrogens is 1. The molecule has 1 aromatic heterocycles. The zero-order valence-corrected chi connectivity index (χ0v) is 20.1. The highest BCUT2D eigenvalue weighted by atomic mass is 16.5. The van der Waals surface area contributed by atoms with Gasteiger partial charge in [0.15, 0.2) is 6.23 Å². The molecule has 2 aliphatic rings. The highest BCUT2D eigenvalue weighted by molar-refractivity contribution is 5.99. The van der Waals surface area contributed by atoms with Crippen LogP contribution in [-0.2, 0) is 11.3 Å². The molecule has 2 aliphatic heterocycles. The van der Waals surface area contributed by atoms with Crippen molar-refractivity contribution in [2.24, 2.45) is 0 Å². The van der Waals surface area contributed by atoms with E-state index in [1.807, 2.05) is 41.3 Å². The van der Waals surface area contributed by atoms with Crippen molar-refractivity contribution in [1.29, 1.82) is 0 Å². The zero-order chi connectivity index (χ0) is 23.7. The summed E-state index contributed by atoms with van der Waals surface area (Å²) >= 11 is 0. The lowest BCUT2D eigenvalue weighted by atomic mass is 9.80. The number of nitrogens with zero attached hydrogens (tertiary/aromatic N) is 3. The zero-order valence-electron chi connectivity index (χ0n) is 20.1. The average molecular weight is 460 g/mol. The number of hydrogen-bond donors (Lipinski definition) is 0. The number of ether oxygens (including phenoxy) is 2. The van der Waals surface area contributed by atoms with Gasteiger partial charge in [-0.3, -0.25) is 9.69 Å². The number of carbonyl (C=O) groups is 1. The number of likely N-dealkylation sites (tertiary alicyclic amines) is 1. The summed E-state index contributed by atoms with van der Waals surface area (Å²) in [6, 6.07) is 20.5. The van der Waals surface area contributed by atoms with Gasteiger partial charge >= 0.3 is 0 Å². The third-order valence-corrected chi connectivity index (χ3v) is 7.55. The van der Waals surface area contributed by atoms with E-state index in [1.54, 1.807) is 14.2 Å². The molecule has 6 nitrogen and oxygen atoms in total. The van der Waals surface area contributed by atoms with Gasteiger partial charge in [-0.2, -0.15) is 0 Å². The van der Waals surface area contributed by atoms with Crippen molar-refractivity contribution >= 4 is 5.91 Å². The lowest BCUT2D eigenvalue weighted by Crippen LogP contribution is -2.58. The summed E-state index contributed by atoms with van der Waals surface area (Å²) in [5.74, 6) is 1.11. The molecule has 3 heterocycles. The molecule has 3 aromatic rings. The van der Waals surface area contributed by atoms with E-state index in [2.05, 4.69) is 53.0 Å². The van der Waals surface area contributed by atoms with Gasteiger partial charge in [0.1, 0.15) is 5.75 Å². The Bertz CT molecular complexity index is 1110. The smallest absolute Gasteiger partial charge is 0.256 e. The number of methoxy groups -OCH3 is 2. The quantitative estimate of drug-likeness (QED) is 0.520. The van der Waals surface area contributed by atoms with E-state index in [9.17, 15) is 4.79 Å². The number of fused-ring (bicyclic) bond motifs is 1. The van der Waals surface area contributed by atoms with Crippen LogP contribution in [0.15, 0.2) is 73.1 Å². The molecular weight excluding hydrogens is 426 g/mol. The molecule has 0 spiro atoms. The Labute approximate surface area is 201 Å². The van der Waals surface area contributed by atoms with Crippen molar-refractivity contribution < 1.29 is 14.3 Å². The minimum Gasteiger partial charge on any atom is -0.497 e. The van der Waals surface area contributed by atoms with Crippen molar-refractivity contribution in [3.63, 3.8) is 0 Å². The van der Waals surface area contributed by atoms with Crippen LogP contribution in [-0.4, -0.2) is 59.7 Å². The summed E-state index contributed by atoms with van der Waals surface area (Å²) in [7, 11) is 3.39. The first-order chi connectivity index (χ1) is 16.6. The van der Waals surface area contributed by atoms with E-state index >= 15 is 0 Å². The minimum absolute atomic E-state index is 0.0170. The molecule has 0 saturated carbocycles. The van der Waals surface area contributed by atoms with E-state index in [0.29, 0.717) is 0 Å². The fraction of sp³-hybridized carbons (Fsp3) is 0.393. The van der Waals surface area contributed by atoms with Crippen LogP contribution in [0.2, 0.25) is 0 Å². The topological polar surface area (TPSA) is 46.9 Å². The van der Waals surface area contributed by atoms with Crippen LogP contribution in [0, 0.1) is 0 Å². The fourth-order valence-corrected chi connectivity index (χ4v) is 5.79. The van der Waals surface area contributed by atoms with E-state index < -0.39 is 0 Å². The third-order valence-electron chi connectivity index (χ3n) is 7.55. The normalized spacial score (nSPS) is 24.9. The molecule has 0 aliphatic carbocycles. The van der Waals surface area contributed by atoms with Crippen LogP contribution in [0.25, 0.3) is 0 Å². The van der Waals surface area contributed by atoms with E-state index in [1.165, 1.54) is 5.56 Å². The Morgan fingerprint density at radius 3 is 2.38 bits per heavy atom. The first-order valence-electron chi connectivity index (χ1n) is 12.1. The average Bonchev–Trinajstić information content (AvgIpc) is 3.49. The van der Waals surface area contributed by atoms with Crippen molar-refractivity contribution in [1.82, 2.24) is 14.4 Å². The molecule has 1 amide bonds. The lowest BCUT2D eigenvalue weighted by molar-refractivity contribution is -0.0644. The van der Waals surface area contributed by atoms with Crippen molar-refractivity contribution in [2.75, 3.05) is 27.3 Å². The highest BCUT2D eigenvalue weighted by Gasteiger charge is 2.48. The van der Waals surface area contributed by atoms with Crippen molar-refractivity contribution in [3.8, 4) is 5.75 Å². The molecule has 4 unspecified atom stereocenters. The van der Waals surface area contributed by atoms with Gasteiger partial charge < -0.3 is 18.9 Å². The SMILES string of the molecule is COc1ccc(C2CCN(CCn3cccc3)C(C)C2N2C(=O)c3ccccc3C2OC)cc1. The highest BCUT2D eigenvalue weighted by Crippen LogP contribution is 2.44. The number of hydrogen-bond acceptors (Lipinski definition) is 4. The predicted octanol–water partition coefficient (Wildman–Crippen LogP) is 4.54. The van der Waals surface area contributed by atoms with Gasteiger partial charge in [0.2, 0.25) is 0 Å². The van der Waals surface area contributed by atoms with Gasteiger partial charge in [0.25, 0.3) is 5.91 Å². The minimum atomic E-state index is -0.374. The summed E-state index contributed by atoms with van der Waals surface area (Å²) in [5.41, 5.74) is 2.95. The second kappa shape index (κ2) is 9.65. The van der Waals surface area contributed by atoms with Crippen molar-refractivity contribution in [2.45, 2.75) is 44.1 Å². The van der Waals surface area contributed by atoms with Gasteiger partial charge in [-0.15, -0.1) is 0 Å². The fourth-order valence-electron chi connectivity index (χ4n) is 5.79. The maximum absolute atomic E-state index is 13.7. The van der Waals surface area contributed by atoms with Crippen LogP contribution < -0.4 is 4.74 Å². The second-order valence-electron chi connectivity index (χ2n) is 9.24. The Morgan fingerprint density at radius 1 is 0.941 bits per heavy atom. The first kappa shape index (κ1) is 22.7. The second-order valence-corrected chi connectivity index (χ2v) is 9.24. The Balaban J connectivity index is 1.49. The van der Waals surface area contributed by atoms with Crippen LogP contribution in [0.3, 0.4) is 0 Å². The number of benzene rings is 2. The standard InChI is InChI=1S/C28H33N3O3/c1-20-26(31-27(32)24-8-4-5-9-25(24)28(31)34-3)23(21-10-12-22(33-2)13-11-21)14-17-30(20)19-18-29-15-6-7-16-29/h4-13,15-16,20,23,26,28H,14,17-19H2,1-3H3. The van der Waals surface area contributed by atoms with E-state index in [0.717, 1.165) is 42.9 Å². The summed E-state index contributed by atoms with van der Waals surface area (Å²) < 4.78 is 13.6. The number of piperidine rings is 1. The molecule has 2 aromatic carbocycles. The van der Waals surface area contributed by atoms with Crippen LogP contribution in [0.5, 0.6) is 5.75 Å². The number of carbonyl (C=O) groups excluding carboxylic acids is 1. The molecule has 0 radical (unpaired) electrons. The summed E-state index contributed by atoms with van der Waals surface area (Å²) in [6.45, 7) is 5.12. The van der Waals surface area contributed by atoms with Crippen LogP contribution in [0.4, 0.5) is 0 Å². The molecule has 0 bridgehead atoms. The van der Waals surface area contributed by atoms with Gasteiger partial charge in [-0.25, -0.2) is 0 Å². The summed E-state index contributed by atoms with van der Waals surface area (Å²) in [6.07, 6.45) is 4.81. The molecule has 1 saturated heterocycles. The Morgan fingerprint density at radius 2 is 1.68 bits per heavy atom. The van der Waals surface area contributed by atoms with Crippen LogP contribution in [0.1, 0.15) is 47.0 Å². The third kappa shape index (κ3) is 4.01. The Hall–Kier alpha value is -3.09.